The van der Waals surface area contributed by atoms with E-state index >= 15 is 0 Å². The molecule has 0 aliphatic rings. The van der Waals surface area contributed by atoms with Crippen molar-refractivity contribution in [1.82, 2.24) is 0 Å². The molecule has 0 bridgehead atoms. The maximum Gasteiger partial charge on any atom is 5.00 e. The van der Waals surface area contributed by atoms with Crippen LogP contribution >= 0.6 is 0 Å². The van der Waals surface area contributed by atoms with Gasteiger partial charge in [0.05, 0.1) is 0 Å². The van der Waals surface area contributed by atoms with Crippen LogP contribution in [-0.4, -0.2) is 23.1 Å². The molecule has 0 heterocycles. The van der Waals surface area contributed by atoms with E-state index in [-0.39, 0.29) is 78.4 Å². The van der Waals surface area contributed by atoms with Crippen molar-refractivity contribution in [2.75, 3.05) is 0 Å². The number of rotatable bonds is 0. The largest absolute Gasteiger partial charge is 5.00 e. The summed E-state index contributed by atoms with van der Waals surface area (Å²) in [5.74, 6) is 0. The third-order valence-corrected chi connectivity index (χ3v) is 0. The zero-order valence-corrected chi connectivity index (χ0v) is 7.41. The molecule has 9 heavy (non-hydrogen) atoms. The average molecular weight is 250 g/mol. The summed E-state index contributed by atoms with van der Waals surface area (Å²) >= 11 is 0. The van der Waals surface area contributed by atoms with Crippen molar-refractivity contribution in [1.29, 1.82) is 0 Å². The van der Waals surface area contributed by atoms with Gasteiger partial charge in [-0.25, -0.2) is 0 Å². The molecule has 0 aliphatic heterocycles. The van der Waals surface area contributed by atoms with Gasteiger partial charge in [-0.05, 0) is 0 Å². The minimum Gasteiger partial charge on any atom is -1.00 e. The molecule has 0 atom stereocenters. The number of hydrogen-bond donors (Lipinski definition) is 0. The van der Waals surface area contributed by atoms with Gasteiger partial charge >= 0.3 is 45.4 Å². The fraction of sp³-hybridized carbons (Fsp3) is 0. The zero-order valence-electron chi connectivity index (χ0n) is 3.80. The topological polar surface area (TPSA) is 0 Å². The summed E-state index contributed by atoms with van der Waals surface area (Å²) in [7, 11) is 0. The van der Waals surface area contributed by atoms with Crippen molar-refractivity contribution in [2.24, 2.45) is 0 Å². The molecule has 0 aromatic carbocycles. The van der Waals surface area contributed by atoms with Gasteiger partial charge in [-0.1, -0.05) is 0 Å². The summed E-state index contributed by atoms with van der Waals surface area (Å²) in [4.78, 5) is 0. The van der Waals surface area contributed by atoms with Crippen molar-refractivity contribution in [3.05, 3.63) is 0 Å². The predicted octanol–water partition coefficient (Wildman–Crippen LogP) is -21.4. The van der Waals surface area contributed by atoms with E-state index in [1.165, 1.54) is 0 Å². The quantitative estimate of drug-likeness (QED) is 0.296. The molecule has 0 unspecified atom stereocenters. The van der Waals surface area contributed by atoms with Gasteiger partial charge in [0.25, 0.3) is 0 Å². The Morgan fingerprint density at radius 1 is 0.333 bits per heavy atom. The van der Waals surface area contributed by atoms with Crippen molar-refractivity contribution >= 4 is 23.1 Å². The van der Waals surface area contributed by atoms with Crippen LogP contribution in [0.3, 0.4) is 0 Å². The molecule has 0 aromatic rings. The van der Waals surface area contributed by atoms with E-state index in [1.54, 1.807) is 0 Å². The van der Waals surface area contributed by atoms with Gasteiger partial charge in [0.1, 0.15) is 0 Å². The van der Waals surface area contributed by atoms with Crippen LogP contribution in [0.2, 0.25) is 0 Å². The van der Waals surface area contributed by atoms with Crippen LogP contribution in [-0.2, 0) is 22.4 Å². The Hall–Kier alpha value is 1.02. The Balaban J connectivity index is 0. The first-order valence-electron chi connectivity index (χ1n) is 0. The van der Waals surface area contributed by atoms with E-state index in [0.29, 0.717) is 0 Å². The molecular formula is F7MgNb. The third-order valence-electron chi connectivity index (χ3n) is 0. The van der Waals surface area contributed by atoms with E-state index in [2.05, 4.69) is 0 Å². The molecule has 0 nitrogen and oxygen atoms in total. The molecule has 0 fully saturated rings. The van der Waals surface area contributed by atoms with Crippen molar-refractivity contribution in [3.63, 3.8) is 0 Å². The minimum atomic E-state index is 0. The Bertz CT molecular complexity index is 8.88. The van der Waals surface area contributed by atoms with E-state index in [4.69, 9.17) is 0 Å². The van der Waals surface area contributed by atoms with E-state index in [1.807, 2.05) is 0 Å². The Kier molecular flexibility index (Phi) is 49100. The van der Waals surface area contributed by atoms with Gasteiger partial charge in [0.2, 0.25) is 0 Å². The predicted molar refractivity (Wildman–Crippen MR) is 5.75 cm³/mol. The van der Waals surface area contributed by atoms with Gasteiger partial charge < -0.3 is 32.9 Å². The van der Waals surface area contributed by atoms with Crippen molar-refractivity contribution in [3.8, 4) is 0 Å². The van der Waals surface area contributed by atoms with Gasteiger partial charge in [-0.15, -0.1) is 0 Å². The first kappa shape index (κ1) is 788. The van der Waals surface area contributed by atoms with E-state index < -0.39 is 0 Å². The SMILES string of the molecule is [F-].[F-].[F-].[F-].[F-].[F-].[F-].[Mg+2].[Nb+5]. The zero-order chi connectivity index (χ0) is 0. The van der Waals surface area contributed by atoms with Crippen molar-refractivity contribution < 1.29 is 55.3 Å². The molecule has 56 valence electrons. The summed E-state index contributed by atoms with van der Waals surface area (Å²) in [5.41, 5.74) is 0. The molecule has 0 saturated carbocycles. The second-order valence-electron chi connectivity index (χ2n) is 0. The second-order valence-corrected chi connectivity index (χ2v) is 0. The van der Waals surface area contributed by atoms with Crippen LogP contribution in [0, 0.1) is 0 Å². The molecule has 9 heteroatoms. The summed E-state index contributed by atoms with van der Waals surface area (Å²) in [6.45, 7) is 0. The third kappa shape index (κ3) is 430. The summed E-state index contributed by atoms with van der Waals surface area (Å²) in [6.07, 6.45) is 0. The van der Waals surface area contributed by atoms with Crippen LogP contribution in [0.1, 0.15) is 0 Å². The molecule has 0 N–H and O–H groups in total. The second kappa shape index (κ2) is 561. The monoisotopic (exact) mass is 250 g/mol. The van der Waals surface area contributed by atoms with Crippen LogP contribution in [0.5, 0.6) is 0 Å². The number of halogens is 7. The number of hydrogen-bond acceptors (Lipinski definition) is 0. The molecule has 0 rings (SSSR count). The smallest absolute Gasteiger partial charge is 1.00 e. The normalized spacial score (nSPS) is 0. The fourth-order valence-electron chi connectivity index (χ4n) is 0. The van der Waals surface area contributed by atoms with Crippen molar-refractivity contribution in [2.45, 2.75) is 0 Å². The molecule has 0 aliphatic carbocycles. The van der Waals surface area contributed by atoms with Gasteiger partial charge in [-0.3, -0.25) is 0 Å². The Morgan fingerprint density at radius 2 is 0.333 bits per heavy atom. The van der Waals surface area contributed by atoms with E-state index in [9.17, 15) is 0 Å². The summed E-state index contributed by atoms with van der Waals surface area (Å²) in [6, 6.07) is 0. The summed E-state index contributed by atoms with van der Waals surface area (Å²) < 4.78 is 0. The first-order chi connectivity index (χ1) is 0. The molecule has 0 aromatic heterocycles. The van der Waals surface area contributed by atoms with Crippen LogP contribution in [0.15, 0.2) is 0 Å². The molecular weight excluding hydrogens is 250 g/mol. The Labute approximate surface area is 78.4 Å². The van der Waals surface area contributed by atoms with Gasteiger partial charge in [-0.2, -0.15) is 0 Å². The molecule has 0 radical (unpaired) electrons. The average Bonchev–Trinajstić information content (AvgIpc) is 0. The molecule has 0 amide bonds. The van der Waals surface area contributed by atoms with E-state index in [0.717, 1.165) is 0 Å². The maximum absolute atomic E-state index is 0. The molecule has 0 saturated heterocycles. The standard InChI is InChI=1S/7FH.Mg.Nb/h7*1H;;/q;;;;;;;+2;+5/p-7. The van der Waals surface area contributed by atoms with Gasteiger partial charge in [0, 0.05) is 0 Å². The maximum atomic E-state index is 0. The summed E-state index contributed by atoms with van der Waals surface area (Å²) in [5, 5.41) is 0. The van der Waals surface area contributed by atoms with Crippen LogP contribution in [0.4, 0.5) is 0 Å². The molecule has 0 spiro atoms. The van der Waals surface area contributed by atoms with Crippen LogP contribution < -0.4 is 32.9 Å². The van der Waals surface area contributed by atoms with Gasteiger partial charge in [0.15, 0.2) is 0 Å². The van der Waals surface area contributed by atoms with Crippen LogP contribution in [0.25, 0.3) is 0 Å². The minimum absolute atomic E-state index is 0. The fourth-order valence-corrected chi connectivity index (χ4v) is 0. The Morgan fingerprint density at radius 3 is 0.333 bits per heavy atom. The first-order valence-corrected chi connectivity index (χ1v) is 0.